The molecule has 0 radical (unpaired) electrons. The molecule has 0 spiro atoms. The van der Waals surface area contributed by atoms with E-state index in [1.807, 2.05) is 41.3 Å². The molecule has 2 N–H and O–H groups in total. The van der Waals surface area contributed by atoms with Gasteiger partial charge in [0.2, 0.25) is 11.8 Å². The molecule has 7 heteroatoms. The van der Waals surface area contributed by atoms with Crippen LogP contribution in [-0.4, -0.2) is 66.4 Å². The molecule has 2 aliphatic heterocycles. The van der Waals surface area contributed by atoms with Crippen LogP contribution in [0.1, 0.15) is 37.2 Å². The number of benzene rings is 2. The maximum absolute atomic E-state index is 13.0. The van der Waals surface area contributed by atoms with E-state index in [0.717, 1.165) is 55.7 Å². The Morgan fingerprint density at radius 1 is 1.00 bits per heavy atom. The number of nitrogens with zero attached hydrogens (tertiary/aromatic N) is 2. The van der Waals surface area contributed by atoms with E-state index >= 15 is 0 Å². The first-order chi connectivity index (χ1) is 17.1. The van der Waals surface area contributed by atoms with Crippen molar-refractivity contribution in [1.29, 1.82) is 0 Å². The van der Waals surface area contributed by atoms with Crippen LogP contribution in [0.5, 0.6) is 5.75 Å². The van der Waals surface area contributed by atoms with Gasteiger partial charge in [-0.05, 0) is 80.6 Å². The van der Waals surface area contributed by atoms with Gasteiger partial charge >= 0.3 is 0 Å². The van der Waals surface area contributed by atoms with Crippen LogP contribution < -0.4 is 10.1 Å². The summed E-state index contributed by atoms with van der Waals surface area (Å²) in [6.07, 6.45) is 5.65. The minimum absolute atomic E-state index is 0.0372. The molecule has 3 heterocycles. The van der Waals surface area contributed by atoms with Crippen LogP contribution in [0.3, 0.4) is 0 Å². The van der Waals surface area contributed by atoms with Gasteiger partial charge in [-0.15, -0.1) is 0 Å². The summed E-state index contributed by atoms with van der Waals surface area (Å²) in [6.45, 7) is 3.61. The van der Waals surface area contributed by atoms with Gasteiger partial charge in [0.1, 0.15) is 5.75 Å². The first-order valence-corrected chi connectivity index (χ1v) is 12.6. The molecule has 2 fully saturated rings. The summed E-state index contributed by atoms with van der Waals surface area (Å²) in [5.41, 5.74) is 3.31. The summed E-state index contributed by atoms with van der Waals surface area (Å²) < 4.78 is 5.41. The lowest BCUT2D eigenvalue weighted by atomic mass is 9.89. The number of nitrogens with one attached hydrogen (secondary N) is 2. The van der Waals surface area contributed by atoms with Gasteiger partial charge in [0.25, 0.3) is 0 Å². The molecule has 2 amide bonds. The molecule has 2 aliphatic rings. The quantitative estimate of drug-likeness (QED) is 0.560. The van der Waals surface area contributed by atoms with Crippen LogP contribution in [0.2, 0.25) is 0 Å². The Labute approximate surface area is 206 Å². The number of carbonyl (C=O) groups is 2. The standard InChI is InChI=1S/C28H34N4O3/c1-35-23-7-8-26-24(17-23)25(18-29-26)20-9-13-31(14-10-20)19-27(33)32-15-11-21(12-16-32)28(34)30-22-5-3-2-4-6-22/h2-8,17-18,20-21,29H,9-16,19H2,1H3,(H,30,34). The number of hydrogen-bond donors (Lipinski definition) is 2. The number of rotatable bonds is 6. The first kappa shape index (κ1) is 23.4. The maximum atomic E-state index is 13.0. The minimum atomic E-state index is -0.0372. The molecule has 0 saturated carbocycles. The zero-order chi connectivity index (χ0) is 24.2. The number of ether oxygens (including phenoxy) is 1. The second-order valence-corrected chi connectivity index (χ2v) is 9.72. The first-order valence-electron chi connectivity index (χ1n) is 12.6. The second-order valence-electron chi connectivity index (χ2n) is 9.72. The number of amides is 2. The minimum Gasteiger partial charge on any atom is -0.497 e. The van der Waals surface area contributed by atoms with Crippen molar-refractivity contribution in [2.24, 2.45) is 5.92 Å². The Hall–Kier alpha value is -3.32. The Morgan fingerprint density at radius 3 is 2.46 bits per heavy atom. The molecule has 0 aliphatic carbocycles. The summed E-state index contributed by atoms with van der Waals surface area (Å²) in [7, 11) is 1.70. The van der Waals surface area contributed by atoms with Gasteiger partial charge in [-0.3, -0.25) is 14.5 Å². The highest BCUT2D eigenvalue weighted by atomic mass is 16.5. The molecule has 184 valence electrons. The van der Waals surface area contributed by atoms with Crippen molar-refractivity contribution >= 4 is 28.4 Å². The number of anilines is 1. The van der Waals surface area contributed by atoms with Crippen LogP contribution >= 0.6 is 0 Å². The van der Waals surface area contributed by atoms with E-state index in [1.54, 1.807) is 7.11 Å². The van der Waals surface area contributed by atoms with Crippen molar-refractivity contribution in [2.75, 3.05) is 45.2 Å². The number of aromatic nitrogens is 1. The van der Waals surface area contributed by atoms with Crippen molar-refractivity contribution in [3.63, 3.8) is 0 Å². The fraction of sp³-hybridized carbons (Fsp3) is 0.429. The molecule has 0 unspecified atom stereocenters. The summed E-state index contributed by atoms with van der Waals surface area (Å²) in [5, 5.41) is 4.23. The Balaban J connectivity index is 1.08. The van der Waals surface area contributed by atoms with Gasteiger partial charge in [0.05, 0.1) is 13.7 Å². The fourth-order valence-corrected chi connectivity index (χ4v) is 5.44. The Bertz CT molecular complexity index is 1160. The van der Waals surface area contributed by atoms with Crippen LogP contribution in [0.4, 0.5) is 5.69 Å². The summed E-state index contributed by atoms with van der Waals surface area (Å²) in [4.78, 5) is 33.1. The summed E-state index contributed by atoms with van der Waals surface area (Å²) in [6, 6.07) is 15.7. The highest BCUT2D eigenvalue weighted by Gasteiger charge is 2.29. The van der Waals surface area contributed by atoms with Crippen molar-refractivity contribution < 1.29 is 14.3 Å². The molecule has 1 aromatic heterocycles. The molecular weight excluding hydrogens is 440 g/mol. The molecule has 2 saturated heterocycles. The zero-order valence-corrected chi connectivity index (χ0v) is 20.3. The normalized spacial score (nSPS) is 18.0. The van der Waals surface area contributed by atoms with Crippen LogP contribution in [0.15, 0.2) is 54.7 Å². The number of piperidine rings is 2. The Kier molecular flexibility index (Phi) is 7.04. The Morgan fingerprint density at radius 2 is 1.74 bits per heavy atom. The van der Waals surface area contributed by atoms with Gasteiger partial charge in [-0.2, -0.15) is 0 Å². The fourth-order valence-electron chi connectivity index (χ4n) is 5.44. The SMILES string of the molecule is COc1ccc2[nH]cc(C3CCN(CC(=O)N4CCC(C(=O)Nc5ccccc5)CC4)CC3)c2c1. The van der Waals surface area contributed by atoms with Crippen molar-refractivity contribution in [3.05, 3.63) is 60.3 Å². The van der Waals surface area contributed by atoms with E-state index in [0.29, 0.717) is 25.6 Å². The molecule has 35 heavy (non-hydrogen) atoms. The lowest BCUT2D eigenvalue weighted by Crippen LogP contribution is -2.47. The molecule has 0 bridgehead atoms. The molecule has 2 aromatic carbocycles. The predicted octanol–water partition coefficient (Wildman–Crippen LogP) is 4.23. The van der Waals surface area contributed by atoms with Gasteiger partial charge in [0.15, 0.2) is 0 Å². The number of H-pyrrole nitrogens is 1. The lowest BCUT2D eigenvalue weighted by molar-refractivity contribution is -0.135. The van der Waals surface area contributed by atoms with E-state index in [4.69, 9.17) is 4.74 Å². The van der Waals surface area contributed by atoms with Gasteiger partial charge in [0, 0.05) is 41.8 Å². The van der Waals surface area contributed by atoms with Gasteiger partial charge < -0.3 is 19.9 Å². The zero-order valence-electron chi connectivity index (χ0n) is 20.3. The van der Waals surface area contributed by atoms with Gasteiger partial charge in [-0.25, -0.2) is 0 Å². The van der Waals surface area contributed by atoms with E-state index in [1.165, 1.54) is 10.9 Å². The van der Waals surface area contributed by atoms with Crippen LogP contribution in [0, 0.1) is 5.92 Å². The van der Waals surface area contributed by atoms with Crippen molar-refractivity contribution in [1.82, 2.24) is 14.8 Å². The molecular formula is C28H34N4O3. The number of carbonyl (C=O) groups excluding carboxylic acids is 2. The topological polar surface area (TPSA) is 77.7 Å². The molecule has 0 atom stereocenters. The van der Waals surface area contributed by atoms with E-state index in [9.17, 15) is 9.59 Å². The average Bonchev–Trinajstić information content (AvgIpc) is 3.33. The van der Waals surface area contributed by atoms with Crippen molar-refractivity contribution in [3.8, 4) is 5.75 Å². The summed E-state index contributed by atoms with van der Waals surface area (Å²) in [5.74, 6) is 1.57. The lowest BCUT2D eigenvalue weighted by Gasteiger charge is -2.35. The highest BCUT2D eigenvalue weighted by Crippen LogP contribution is 2.34. The smallest absolute Gasteiger partial charge is 0.236 e. The monoisotopic (exact) mass is 474 g/mol. The number of methoxy groups -OCH3 is 1. The number of para-hydroxylation sites is 1. The average molecular weight is 475 g/mol. The van der Waals surface area contributed by atoms with E-state index in [-0.39, 0.29) is 17.7 Å². The second kappa shape index (κ2) is 10.5. The molecule has 3 aromatic rings. The number of likely N-dealkylation sites (tertiary alicyclic amines) is 2. The number of hydrogen-bond acceptors (Lipinski definition) is 4. The van der Waals surface area contributed by atoms with E-state index in [2.05, 4.69) is 33.5 Å². The largest absolute Gasteiger partial charge is 0.497 e. The van der Waals surface area contributed by atoms with E-state index < -0.39 is 0 Å². The third kappa shape index (κ3) is 5.35. The maximum Gasteiger partial charge on any atom is 0.236 e. The molecule has 5 rings (SSSR count). The molecule has 7 nitrogen and oxygen atoms in total. The third-order valence-electron chi connectivity index (χ3n) is 7.57. The summed E-state index contributed by atoms with van der Waals surface area (Å²) >= 11 is 0. The van der Waals surface area contributed by atoms with Crippen LogP contribution in [-0.2, 0) is 9.59 Å². The highest BCUT2D eigenvalue weighted by molar-refractivity contribution is 5.92. The number of aromatic amines is 1. The van der Waals surface area contributed by atoms with Crippen LogP contribution in [0.25, 0.3) is 10.9 Å². The van der Waals surface area contributed by atoms with Crippen molar-refractivity contribution in [2.45, 2.75) is 31.6 Å². The number of fused-ring (bicyclic) bond motifs is 1. The predicted molar refractivity (Wildman–Crippen MR) is 138 cm³/mol. The third-order valence-corrected chi connectivity index (χ3v) is 7.57. The van der Waals surface area contributed by atoms with Gasteiger partial charge in [-0.1, -0.05) is 18.2 Å².